The van der Waals surface area contributed by atoms with Crippen LogP contribution >= 0.6 is 0 Å². The fourth-order valence-corrected chi connectivity index (χ4v) is 4.79. The van der Waals surface area contributed by atoms with E-state index in [1.54, 1.807) is 0 Å². The summed E-state index contributed by atoms with van der Waals surface area (Å²) in [6.45, 7) is 3.31. The minimum Gasteiger partial charge on any atom is -0.350 e. The zero-order chi connectivity index (χ0) is 15.6. The van der Waals surface area contributed by atoms with Crippen LogP contribution in [-0.2, 0) is 12.8 Å². The molecular formula is C18H28N4O. The van der Waals surface area contributed by atoms with Crippen molar-refractivity contribution in [1.82, 2.24) is 20.4 Å². The van der Waals surface area contributed by atoms with Gasteiger partial charge in [-0.25, -0.2) is 0 Å². The number of carbonyl (C=O) groups is 1. The lowest BCUT2D eigenvalue weighted by atomic mass is 9.83. The molecule has 5 heteroatoms. The molecule has 1 aromatic rings. The molecule has 0 aromatic carbocycles. The van der Waals surface area contributed by atoms with Crippen LogP contribution in [0.5, 0.6) is 0 Å². The van der Waals surface area contributed by atoms with Crippen molar-refractivity contribution in [3.8, 4) is 0 Å². The van der Waals surface area contributed by atoms with E-state index in [0.717, 1.165) is 24.9 Å². The van der Waals surface area contributed by atoms with Gasteiger partial charge in [-0.15, -0.1) is 0 Å². The predicted molar refractivity (Wildman–Crippen MR) is 89.5 cm³/mol. The fourth-order valence-electron chi connectivity index (χ4n) is 4.79. The molecule has 1 amide bonds. The number of amides is 1. The van der Waals surface area contributed by atoms with Crippen LogP contribution in [0, 0.1) is 5.92 Å². The lowest BCUT2D eigenvalue weighted by Gasteiger charge is -2.44. The average Bonchev–Trinajstić information content (AvgIpc) is 3.04. The normalized spacial score (nSPS) is 28.0. The number of piperidine rings is 2. The van der Waals surface area contributed by atoms with Crippen LogP contribution in [0.25, 0.3) is 0 Å². The summed E-state index contributed by atoms with van der Waals surface area (Å²) in [6.07, 6.45) is 10.9. The number of fused-ring (bicyclic) bond motifs is 2. The second-order valence-electron chi connectivity index (χ2n) is 7.45. The number of hydrogen-bond acceptors (Lipinski definition) is 3. The van der Waals surface area contributed by atoms with E-state index < -0.39 is 0 Å². The van der Waals surface area contributed by atoms with Crippen molar-refractivity contribution >= 4 is 5.91 Å². The molecule has 2 unspecified atom stereocenters. The van der Waals surface area contributed by atoms with E-state index in [1.165, 1.54) is 63.7 Å². The highest BCUT2D eigenvalue weighted by molar-refractivity contribution is 5.94. The van der Waals surface area contributed by atoms with E-state index in [9.17, 15) is 4.79 Å². The Labute approximate surface area is 138 Å². The van der Waals surface area contributed by atoms with Gasteiger partial charge in [0.25, 0.3) is 5.91 Å². The molecule has 23 heavy (non-hydrogen) atoms. The third-order valence-corrected chi connectivity index (χ3v) is 6.02. The van der Waals surface area contributed by atoms with Gasteiger partial charge < -0.3 is 10.2 Å². The largest absolute Gasteiger partial charge is 0.350 e. The Morgan fingerprint density at radius 2 is 2.00 bits per heavy atom. The highest BCUT2D eigenvalue weighted by Gasteiger charge is 2.33. The summed E-state index contributed by atoms with van der Waals surface area (Å²) in [7, 11) is 0. The predicted octanol–water partition coefficient (Wildman–Crippen LogP) is 2.28. The lowest BCUT2D eigenvalue weighted by Crippen LogP contribution is -2.51. The molecular weight excluding hydrogens is 288 g/mol. The quantitative estimate of drug-likeness (QED) is 0.899. The van der Waals surface area contributed by atoms with Gasteiger partial charge in [-0.1, -0.05) is 6.42 Å². The Morgan fingerprint density at radius 3 is 2.96 bits per heavy atom. The first-order valence-corrected chi connectivity index (χ1v) is 9.41. The molecule has 0 spiro atoms. The fraction of sp³-hybridized carbons (Fsp3) is 0.778. The topological polar surface area (TPSA) is 61.0 Å². The monoisotopic (exact) mass is 316 g/mol. The van der Waals surface area contributed by atoms with Crippen molar-refractivity contribution in [3.05, 3.63) is 17.0 Å². The van der Waals surface area contributed by atoms with Gasteiger partial charge >= 0.3 is 0 Å². The summed E-state index contributed by atoms with van der Waals surface area (Å²) >= 11 is 0. The van der Waals surface area contributed by atoms with Crippen LogP contribution in [0.15, 0.2) is 0 Å². The Kier molecular flexibility index (Phi) is 4.38. The first kappa shape index (κ1) is 15.2. The molecule has 2 fully saturated rings. The molecule has 0 radical (unpaired) electrons. The maximum atomic E-state index is 12.6. The van der Waals surface area contributed by atoms with E-state index >= 15 is 0 Å². The van der Waals surface area contributed by atoms with Crippen molar-refractivity contribution in [3.63, 3.8) is 0 Å². The Hall–Kier alpha value is -1.36. The van der Waals surface area contributed by atoms with Crippen LogP contribution in [-0.4, -0.2) is 46.7 Å². The van der Waals surface area contributed by atoms with E-state index in [-0.39, 0.29) is 5.91 Å². The van der Waals surface area contributed by atoms with Gasteiger partial charge in [-0.05, 0) is 70.4 Å². The minimum atomic E-state index is 0.0253. The third kappa shape index (κ3) is 3.03. The number of H-pyrrole nitrogens is 1. The number of aryl methyl sites for hydroxylation is 1. The van der Waals surface area contributed by atoms with Gasteiger partial charge in [-0.2, -0.15) is 5.10 Å². The molecule has 5 nitrogen and oxygen atoms in total. The van der Waals surface area contributed by atoms with E-state index in [0.29, 0.717) is 17.7 Å². The van der Waals surface area contributed by atoms with E-state index in [1.807, 2.05) is 0 Å². The molecule has 3 heterocycles. The summed E-state index contributed by atoms with van der Waals surface area (Å²) < 4.78 is 0. The molecule has 126 valence electrons. The van der Waals surface area contributed by atoms with Gasteiger partial charge in [-0.3, -0.25) is 9.89 Å². The number of hydrogen-bond donors (Lipinski definition) is 2. The number of rotatable bonds is 3. The van der Waals surface area contributed by atoms with Gasteiger partial charge in [0.1, 0.15) is 0 Å². The SMILES string of the molecule is O=C(NCC1CCCN2CCCCC12)c1n[nH]c2c1CCCC2. The average molecular weight is 316 g/mol. The summed E-state index contributed by atoms with van der Waals surface area (Å²) in [5.74, 6) is 0.639. The second-order valence-corrected chi connectivity index (χ2v) is 7.45. The molecule has 0 saturated carbocycles. The molecule has 3 aliphatic rings. The Bertz CT molecular complexity index is 565. The number of nitrogens with one attached hydrogen (secondary N) is 2. The van der Waals surface area contributed by atoms with Crippen molar-refractivity contribution in [2.45, 2.75) is 63.8 Å². The summed E-state index contributed by atoms with van der Waals surface area (Å²) in [5, 5.41) is 10.6. The smallest absolute Gasteiger partial charge is 0.272 e. The molecule has 0 bridgehead atoms. The highest BCUT2D eigenvalue weighted by atomic mass is 16.1. The standard InChI is InChI=1S/C18H28N4O/c23-18(17-14-7-1-2-8-15(14)20-21-17)19-12-13-6-5-11-22-10-4-3-9-16(13)22/h13,16H,1-12H2,(H,19,23)(H,20,21). The molecule has 1 aliphatic carbocycles. The molecule has 1 aromatic heterocycles. The van der Waals surface area contributed by atoms with Gasteiger partial charge in [0.2, 0.25) is 0 Å². The van der Waals surface area contributed by atoms with Crippen LogP contribution in [0.2, 0.25) is 0 Å². The maximum absolute atomic E-state index is 12.6. The van der Waals surface area contributed by atoms with Gasteiger partial charge in [0.15, 0.2) is 5.69 Å². The lowest BCUT2D eigenvalue weighted by molar-refractivity contribution is 0.0575. The Balaban J connectivity index is 1.38. The van der Waals surface area contributed by atoms with E-state index in [2.05, 4.69) is 20.4 Å². The van der Waals surface area contributed by atoms with Crippen LogP contribution in [0.4, 0.5) is 0 Å². The molecule has 2 atom stereocenters. The molecule has 4 rings (SSSR count). The van der Waals surface area contributed by atoms with Crippen LogP contribution in [0.3, 0.4) is 0 Å². The van der Waals surface area contributed by atoms with E-state index in [4.69, 9.17) is 0 Å². The first-order chi connectivity index (χ1) is 11.3. The second kappa shape index (κ2) is 6.63. The van der Waals surface area contributed by atoms with Crippen molar-refractivity contribution in [2.24, 2.45) is 5.92 Å². The number of aromatic amines is 1. The summed E-state index contributed by atoms with van der Waals surface area (Å²) in [5.41, 5.74) is 2.99. The third-order valence-electron chi connectivity index (χ3n) is 6.02. The molecule has 2 saturated heterocycles. The van der Waals surface area contributed by atoms with Crippen LogP contribution in [0.1, 0.15) is 66.7 Å². The summed E-state index contributed by atoms with van der Waals surface area (Å²) in [4.78, 5) is 15.2. The van der Waals surface area contributed by atoms with Crippen molar-refractivity contribution < 1.29 is 4.79 Å². The zero-order valence-electron chi connectivity index (χ0n) is 13.9. The van der Waals surface area contributed by atoms with Crippen molar-refractivity contribution in [1.29, 1.82) is 0 Å². The first-order valence-electron chi connectivity index (χ1n) is 9.41. The number of aromatic nitrogens is 2. The highest BCUT2D eigenvalue weighted by Crippen LogP contribution is 2.30. The number of nitrogens with zero attached hydrogens (tertiary/aromatic N) is 2. The zero-order valence-corrected chi connectivity index (χ0v) is 13.9. The van der Waals surface area contributed by atoms with Gasteiger partial charge in [0.05, 0.1) is 0 Å². The van der Waals surface area contributed by atoms with Gasteiger partial charge in [0, 0.05) is 23.8 Å². The maximum Gasteiger partial charge on any atom is 0.272 e. The summed E-state index contributed by atoms with van der Waals surface area (Å²) in [6, 6.07) is 0.686. The molecule has 2 N–H and O–H groups in total. The van der Waals surface area contributed by atoms with Crippen LogP contribution < -0.4 is 5.32 Å². The molecule has 2 aliphatic heterocycles. The van der Waals surface area contributed by atoms with Crippen molar-refractivity contribution in [2.75, 3.05) is 19.6 Å². The Morgan fingerprint density at radius 1 is 1.13 bits per heavy atom. The minimum absolute atomic E-state index is 0.0253. The number of carbonyl (C=O) groups excluding carboxylic acids is 1.